The summed E-state index contributed by atoms with van der Waals surface area (Å²) in [4.78, 5) is 18.0. The van der Waals surface area contributed by atoms with Crippen LogP contribution in [-0.2, 0) is 11.3 Å². The highest BCUT2D eigenvalue weighted by atomic mass is 16.3. The Bertz CT molecular complexity index is 658. The normalized spacial score (nSPS) is 16.5. The fourth-order valence-corrected chi connectivity index (χ4v) is 2.50. The number of nitrogens with zero attached hydrogens (tertiary/aromatic N) is 2. The molecule has 0 aliphatic carbocycles. The second kappa shape index (κ2) is 5.54. The van der Waals surface area contributed by atoms with Crippen LogP contribution in [0.5, 0.6) is 0 Å². The van der Waals surface area contributed by atoms with E-state index >= 15 is 0 Å². The molecule has 0 bridgehead atoms. The maximum Gasteiger partial charge on any atom is 0.257 e. The number of carbonyl (C=O) groups excluding carboxylic acids is 1. The second-order valence-corrected chi connectivity index (χ2v) is 5.00. The van der Waals surface area contributed by atoms with Crippen LogP contribution in [0.15, 0.2) is 42.6 Å². The van der Waals surface area contributed by atoms with Gasteiger partial charge in [0.25, 0.3) is 5.91 Å². The molecule has 21 heavy (non-hydrogen) atoms. The molecule has 2 N–H and O–H groups in total. The smallest absolute Gasteiger partial charge is 0.257 e. The van der Waals surface area contributed by atoms with E-state index in [0.29, 0.717) is 17.8 Å². The topological polar surface area (TPSA) is 65.5 Å². The number of fused-ring (bicyclic) bond motifs is 1. The van der Waals surface area contributed by atoms with Crippen molar-refractivity contribution in [3.05, 3.63) is 53.9 Å². The van der Waals surface area contributed by atoms with E-state index < -0.39 is 6.10 Å². The Morgan fingerprint density at radius 2 is 2.19 bits per heavy atom. The number of rotatable bonds is 4. The van der Waals surface area contributed by atoms with Crippen LogP contribution in [0, 0.1) is 0 Å². The lowest BCUT2D eigenvalue weighted by molar-refractivity contribution is -0.123. The summed E-state index contributed by atoms with van der Waals surface area (Å²) in [5, 5.41) is 12.4. The molecule has 2 heterocycles. The highest BCUT2D eigenvalue weighted by molar-refractivity contribution is 6.02. The van der Waals surface area contributed by atoms with Gasteiger partial charge in [-0.3, -0.25) is 9.78 Å². The lowest BCUT2D eigenvalue weighted by Gasteiger charge is -2.23. The summed E-state index contributed by atoms with van der Waals surface area (Å²) >= 11 is 0. The van der Waals surface area contributed by atoms with Crippen molar-refractivity contribution >= 4 is 17.3 Å². The summed E-state index contributed by atoms with van der Waals surface area (Å²) in [6.45, 7) is 3.60. The minimum absolute atomic E-state index is 0.366. The first-order chi connectivity index (χ1) is 10.2. The molecule has 5 nitrogen and oxygen atoms in total. The molecule has 0 saturated heterocycles. The minimum atomic E-state index is -1.06. The number of aromatic nitrogens is 1. The van der Waals surface area contributed by atoms with Crippen LogP contribution >= 0.6 is 0 Å². The average Bonchev–Trinajstić information content (AvgIpc) is 2.80. The molecule has 5 heteroatoms. The predicted molar refractivity (Wildman–Crippen MR) is 81.0 cm³/mol. The number of amides is 1. The molecular formula is C16H17N3O2. The van der Waals surface area contributed by atoms with Crippen LogP contribution in [-0.4, -0.2) is 22.5 Å². The minimum Gasteiger partial charge on any atom is -0.378 e. The molecule has 0 saturated carbocycles. The van der Waals surface area contributed by atoms with Gasteiger partial charge in [0.2, 0.25) is 0 Å². The van der Waals surface area contributed by atoms with E-state index in [2.05, 4.69) is 22.1 Å². The number of carbonyl (C=O) groups is 1. The van der Waals surface area contributed by atoms with E-state index in [0.717, 1.165) is 17.9 Å². The van der Waals surface area contributed by atoms with E-state index in [-0.39, 0.29) is 5.91 Å². The van der Waals surface area contributed by atoms with Gasteiger partial charge in [0, 0.05) is 29.7 Å². The highest BCUT2D eigenvalue weighted by Crippen LogP contribution is 2.34. The zero-order valence-electron chi connectivity index (χ0n) is 11.8. The first-order valence-corrected chi connectivity index (χ1v) is 6.96. The summed E-state index contributed by atoms with van der Waals surface area (Å²) in [5.74, 6) is -0.366. The maximum atomic E-state index is 11.5. The van der Waals surface area contributed by atoms with Gasteiger partial charge in [0.15, 0.2) is 6.10 Å². The highest BCUT2D eigenvalue weighted by Gasteiger charge is 2.28. The van der Waals surface area contributed by atoms with Crippen molar-refractivity contribution in [3.63, 3.8) is 0 Å². The van der Waals surface area contributed by atoms with Gasteiger partial charge >= 0.3 is 0 Å². The number of aliphatic hydroxyl groups is 1. The monoisotopic (exact) mass is 283 g/mol. The second-order valence-electron chi connectivity index (χ2n) is 5.00. The Morgan fingerprint density at radius 1 is 1.33 bits per heavy atom. The van der Waals surface area contributed by atoms with Crippen LogP contribution in [0.25, 0.3) is 0 Å². The van der Waals surface area contributed by atoms with Crippen molar-refractivity contribution in [3.8, 4) is 0 Å². The molecule has 1 aromatic carbocycles. The van der Waals surface area contributed by atoms with Gasteiger partial charge in [-0.2, -0.15) is 0 Å². The fourth-order valence-electron chi connectivity index (χ4n) is 2.50. The molecule has 108 valence electrons. The number of anilines is 2. The number of pyridine rings is 1. The molecule has 3 rings (SSSR count). The molecular weight excluding hydrogens is 266 g/mol. The first kappa shape index (κ1) is 13.6. The number of hydrogen-bond donors (Lipinski definition) is 2. The van der Waals surface area contributed by atoms with Crippen LogP contribution in [0.3, 0.4) is 0 Å². The zero-order valence-corrected chi connectivity index (χ0v) is 11.8. The molecule has 1 amide bonds. The van der Waals surface area contributed by atoms with Crippen LogP contribution in [0.4, 0.5) is 11.4 Å². The Morgan fingerprint density at radius 3 is 2.90 bits per heavy atom. The fraction of sp³-hybridized carbons (Fsp3) is 0.250. The summed E-state index contributed by atoms with van der Waals surface area (Å²) in [7, 11) is 0. The van der Waals surface area contributed by atoms with Gasteiger partial charge in [0.1, 0.15) is 0 Å². The van der Waals surface area contributed by atoms with E-state index in [4.69, 9.17) is 0 Å². The van der Waals surface area contributed by atoms with Gasteiger partial charge in [-0.15, -0.1) is 0 Å². The molecule has 1 aliphatic rings. The lowest BCUT2D eigenvalue weighted by atomic mass is 10.1. The van der Waals surface area contributed by atoms with Crippen molar-refractivity contribution in [1.29, 1.82) is 0 Å². The van der Waals surface area contributed by atoms with Crippen molar-refractivity contribution in [2.75, 3.05) is 16.8 Å². The number of hydrogen-bond acceptors (Lipinski definition) is 4. The largest absolute Gasteiger partial charge is 0.378 e. The Labute approximate surface area is 123 Å². The zero-order chi connectivity index (χ0) is 14.8. The van der Waals surface area contributed by atoms with Crippen LogP contribution in [0.1, 0.15) is 24.3 Å². The third-order valence-corrected chi connectivity index (χ3v) is 3.66. The molecule has 1 aromatic heterocycles. The van der Waals surface area contributed by atoms with E-state index in [1.54, 1.807) is 12.3 Å². The van der Waals surface area contributed by atoms with Gasteiger partial charge in [0.05, 0.1) is 12.2 Å². The quantitative estimate of drug-likeness (QED) is 0.902. The number of nitrogens with one attached hydrogen (secondary N) is 1. The molecule has 2 aromatic rings. The Kier molecular flexibility index (Phi) is 3.58. The summed E-state index contributed by atoms with van der Waals surface area (Å²) in [5.41, 5.74) is 3.31. The molecule has 1 atom stereocenters. The molecule has 1 aliphatic heterocycles. The van der Waals surface area contributed by atoms with Crippen LogP contribution in [0.2, 0.25) is 0 Å². The number of aliphatic hydroxyl groups excluding tert-OH is 1. The number of benzene rings is 1. The van der Waals surface area contributed by atoms with Gasteiger partial charge in [-0.1, -0.05) is 12.1 Å². The summed E-state index contributed by atoms with van der Waals surface area (Å²) < 4.78 is 0. The molecule has 0 spiro atoms. The average molecular weight is 283 g/mol. The Hall–Kier alpha value is -2.40. The first-order valence-electron chi connectivity index (χ1n) is 6.96. The van der Waals surface area contributed by atoms with Crippen molar-refractivity contribution in [2.45, 2.75) is 19.6 Å². The molecule has 0 fully saturated rings. The SMILES string of the molecule is CCN(Cc1ccccn1)c1ccc2c(c1)NC(=O)C2O. The summed E-state index contributed by atoms with van der Waals surface area (Å²) in [6.07, 6.45) is 0.725. The lowest BCUT2D eigenvalue weighted by Crippen LogP contribution is -2.22. The third-order valence-electron chi connectivity index (χ3n) is 3.66. The van der Waals surface area contributed by atoms with Gasteiger partial charge < -0.3 is 15.3 Å². The molecule has 0 radical (unpaired) electrons. The van der Waals surface area contributed by atoms with E-state index in [9.17, 15) is 9.90 Å². The third kappa shape index (κ3) is 2.60. The van der Waals surface area contributed by atoms with E-state index in [1.165, 1.54) is 0 Å². The summed E-state index contributed by atoms with van der Waals surface area (Å²) in [6, 6.07) is 11.5. The standard InChI is InChI=1S/C16H17N3O2/c1-2-19(10-11-5-3-4-8-17-11)12-6-7-13-14(9-12)18-16(21)15(13)20/h3-9,15,20H,2,10H2,1H3,(H,18,21). The van der Waals surface area contributed by atoms with Crippen molar-refractivity contribution < 1.29 is 9.90 Å². The molecule has 1 unspecified atom stereocenters. The Balaban J connectivity index is 1.86. The van der Waals surface area contributed by atoms with E-state index in [1.807, 2.05) is 30.3 Å². The maximum absolute atomic E-state index is 11.5. The van der Waals surface area contributed by atoms with Crippen LogP contribution < -0.4 is 10.2 Å². The van der Waals surface area contributed by atoms with Gasteiger partial charge in [-0.05, 0) is 31.2 Å². The van der Waals surface area contributed by atoms with Crippen molar-refractivity contribution in [1.82, 2.24) is 4.98 Å². The van der Waals surface area contributed by atoms with Crippen molar-refractivity contribution in [2.24, 2.45) is 0 Å². The van der Waals surface area contributed by atoms with Gasteiger partial charge in [-0.25, -0.2) is 0 Å². The predicted octanol–water partition coefficient (Wildman–Crippen LogP) is 2.09.